The number of nitrogens with zero attached hydrogens (tertiary/aromatic N) is 4. The Balaban J connectivity index is 1.51. The molecule has 0 unspecified atom stereocenters. The second-order valence-corrected chi connectivity index (χ2v) is 6.79. The first-order valence-electron chi connectivity index (χ1n) is 9.08. The maximum absolute atomic E-state index is 5.98. The monoisotopic (exact) mass is 409 g/mol. The van der Waals surface area contributed by atoms with Crippen LogP contribution in [0.3, 0.4) is 0 Å². The largest absolute Gasteiger partial charge is 0.493 e. The summed E-state index contributed by atoms with van der Waals surface area (Å²) in [5, 5.41) is 4.04. The third kappa shape index (κ3) is 3.95. The predicted molar refractivity (Wildman–Crippen MR) is 113 cm³/mol. The third-order valence-electron chi connectivity index (χ3n) is 4.59. The van der Waals surface area contributed by atoms with Gasteiger partial charge >= 0.3 is 0 Å². The Hall–Kier alpha value is -3.32. The van der Waals surface area contributed by atoms with Crippen molar-refractivity contribution in [2.24, 2.45) is 0 Å². The minimum Gasteiger partial charge on any atom is -0.493 e. The molecule has 2 aromatic carbocycles. The Bertz CT molecular complexity index is 1130. The molecule has 0 bridgehead atoms. The van der Waals surface area contributed by atoms with E-state index in [1.165, 1.54) is 6.33 Å². The minimum absolute atomic E-state index is 0.685. The van der Waals surface area contributed by atoms with Gasteiger partial charge in [-0.2, -0.15) is 0 Å². The van der Waals surface area contributed by atoms with Gasteiger partial charge in [-0.1, -0.05) is 17.7 Å². The minimum atomic E-state index is 0.685. The molecule has 7 nitrogen and oxygen atoms in total. The highest BCUT2D eigenvalue weighted by Crippen LogP contribution is 2.28. The fraction of sp³-hybridized carbons (Fsp3) is 0.190. The summed E-state index contributed by atoms with van der Waals surface area (Å²) in [6.45, 7) is 0.690. The summed E-state index contributed by atoms with van der Waals surface area (Å²) in [6, 6.07) is 13.4. The molecule has 0 amide bonds. The number of rotatable bonds is 7. The van der Waals surface area contributed by atoms with Crippen LogP contribution in [-0.2, 0) is 6.42 Å². The van der Waals surface area contributed by atoms with Crippen LogP contribution in [0.1, 0.15) is 5.56 Å². The van der Waals surface area contributed by atoms with Crippen LogP contribution in [0, 0.1) is 0 Å². The highest BCUT2D eigenvalue weighted by atomic mass is 35.5. The van der Waals surface area contributed by atoms with Gasteiger partial charge in [-0.15, -0.1) is 0 Å². The smallest absolute Gasteiger partial charge is 0.170 e. The van der Waals surface area contributed by atoms with E-state index in [1.807, 2.05) is 47.0 Å². The number of fused-ring (bicyclic) bond motifs is 1. The lowest BCUT2D eigenvalue weighted by atomic mass is 10.1. The zero-order chi connectivity index (χ0) is 20.2. The molecule has 0 aliphatic heterocycles. The number of methoxy groups -OCH3 is 2. The molecule has 148 valence electrons. The first-order chi connectivity index (χ1) is 14.2. The Morgan fingerprint density at radius 2 is 1.76 bits per heavy atom. The maximum Gasteiger partial charge on any atom is 0.170 e. The lowest BCUT2D eigenvalue weighted by molar-refractivity contribution is 0.354. The van der Waals surface area contributed by atoms with Gasteiger partial charge in [0.05, 0.1) is 14.2 Å². The van der Waals surface area contributed by atoms with E-state index >= 15 is 0 Å². The molecule has 4 rings (SSSR count). The van der Waals surface area contributed by atoms with Crippen LogP contribution in [0.4, 0.5) is 5.82 Å². The molecule has 0 radical (unpaired) electrons. The van der Waals surface area contributed by atoms with Crippen molar-refractivity contribution in [1.29, 1.82) is 0 Å². The van der Waals surface area contributed by atoms with Crippen LogP contribution >= 0.6 is 11.6 Å². The van der Waals surface area contributed by atoms with Crippen LogP contribution in [0.15, 0.2) is 55.1 Å². The number of halogens is 1. The van der Waals surface area contributed by atoms with Crippen molar-refractivity contribution in [3.63, 3.8) is 0 Å². The lowest BCUT2D eigenvalue weighted by Crippen LogP contribution is -2.07. The van der Waals surface area contributed by atoms with Gasteiger partial charge in [-0.05, 0) is 48.4 Å². The summed E-state index contributed by atoms with van der Waals surface area (Å²) in [5.74, 6) is 2.13. The van der Waals surface area contributed by atoms with E-state index in [2.05, 4.69) is 20.3 Å². The van der Waals surface area contributed by atoms with Gasteiger partial charge in [0, 0.05) is 17.3 Å². The van der Waals surface area contributed by atoms with Crippen molar-refractivity contribution >= 4 is 28.6 Å². The zero-order valence-electron chi connectivity index (χ0n) is 16.1. The second-order valence-electron chi connectivity index (χ2n) is 6.35. The van der Waals surface area contributed by atoms with Gasteiger partial charge in [-0.3, -0.25) is 4.57 Å². The molecule has 29 heavy (non-hydrogen) atoms. The van der Waals surface area contributed by atoms with Gasteiger partial charge in [0.1, 0.15) is 12.7 Å². The van der Waals surface area contributed by atoms with E-state index in [9.17, 15) is 0 Å². The molecule has 1 N–H and O–H groups in total. The van der Waals surface area contributed by atoms with Crippen molar-refractivity contribution in [3.05, 3.63) is 65.7 Å². The van der Waals surface area contributed by atoms with Crippen LogP contribution in [-0.4, -0.2) is 40.3 Å². The van der Waals surface area contributed by atoms with Crippen LogP contribution in [0.2, 0.25) is 5.02 Å². The standard InChI is InChI=1S/C21H20ClN5O2/c1-28-17-8-3-14(11-18(17)29-2)9-10-23-20-19-21(25-12-24-20)27(13-26-19)16-6-4-15(22)5-7-16/h3-8,11-13H,9-10H2,1-2H3,(H,23,24,25). The van der Waals surface area contributed by atoms with E-state index in [1.54, 1.807) is 20.5 Å². The summed E-state index contributed by atoms with van der Waals surface area (Å²) in [4.78, 5) is 13.3. The van der Waals surface area contributed by atoms with Crippen molar-refractivity contribution in [3.8, 4) is 17.2 Å². The Kier molecular flexibility index (Phi) is 5.48. The molecular formula is C21H20ClN5O2. The molecule has 0 atom stereocenters. The van der Waals surface area contributed by atoms with E-state index < -0.39 is 0 Å². The normalized spacial score (nSPS) is 10.9. The summed E-state index contributed by atoms with van der Waals surface area (Å²) >= 11 is 5.98. The van der Waals surface area contributed by atoms with Crippen molar-refractivity contribution in [2.75, 3.05) is 26.1 Å². The SMILES string of the molecule is COc1ccc(CCNc2ncnc3c2ncn3-c2ccc(Cl)cc2)cc1OC. The van der Waals surface area contributed by atoms with E-state index in [-0.39, 0.29) is 0 Å². The Labute approximate surface area is 173 Å². The Morgan fingerprint density at radius 1 is 0.966 bits per heavy atom. The fourth-order valence-electron chi connectivity index (χ4n) is 3.12. The first-order valence-corrected chi connectivity index (χ1v) is 9.46. The molecule has 0 aliphatic carbocycles. The highest BCUT2D eigenvalue weighted by molar-refractivity contribution is 6.30. The van der Waals surface area contributed by atoms with Crippen LogP contribution in [0.25, 0.3) is 16.9 Å². The van der Waals surface area contributed by atoms with Gasteiger partial charge in [0.25, 0.3) is 0 Å². The number of imidazole rings is 1. The molecule has 2 aromatic heterocycles. The van der Waals surface area contributed by atoms with Gasteiger partial charge in [0.2, 0.25) is 0 Å². The third-order valence-corrected chi connectivity index (χ3v) is 4.84. The number of benzene rings is 2. The van der Waals surface area contributed by atoms with Crippen molar-refractivity contribution in [1.82, 2.24) is 19.5 Å². The number of nitrogens with one attached hydrogen (secondary N) is 1. The predicted octanol–water partition coefficient (Wildman–Crippen LogP) is 4.14. The number of ether oxygens (including phenoxy) is 2. The number of hydrogen-bond acceptors (Lipinski definition) is 6. The summed E-state index contributed by atoms with van der Waals surface area (Å²) in [6.07, 6.45) is 4.07. The summed E-state index contributed by atoms with van der Waals surface area (Å²) in [7, 11) is 3.26. The van der Waals surface area contributed by atoms with Gasteiger partial charge in [-0.25, -0.2) is 15.0 Å². The number of aromatic nitrogens is 4. The van der Waals surface area contributed by atoms with Crippen molar-refractivity contribution in [2.45, 2.75) is 6.42 Å². The second kappa shape index (κ2) is 8.36. The van der Waals surface area contributed by atoms with E-state index in [0.29, 0.717) is 17.4 Å². The maximum atomic E-state index is 5.98. The first kappa shape index (κ1) is 19.0. The molecule has 2 heterocycles. The molecule has 0 aliphatic rings. The molecule has 0 saturated heterocycles. The summed E-state index contributed by atoms with van der Waals surface area (Å²) in [5.41, 5.74) is 3.52. The number of anilines is 1. The van der Waals surface area contributed by atoms with E-state index in [4.69, 9.17) is 21.1 Å². The Morgan fingerprint density at radius 3 is 2.52 bits per heavy atom. The quantitative estimate of drug-likeness (QED) is 0.494. The molecule has 0 spiro atoms. The van der Waals surface area contributed by atoms with Crippen molar-refractivity contribution < 1.29 is 9.47 Å². The van der Waals surface area contributed by atoms with E-state index in [0.717, 1.165) is 40.3 Å². The zero-order valence-corrected chi connectivity index (χ0v) is 16.8. The molecule has 8 heteroatoms. The molecular weight excluding hydrogens is 390 g/mol. The summed E-state index contributed by atoms with van der Waals surface area (Å²) < 4.78 is 12.6. The highest BCUT2D eigenvalue weighted by Gasteiger charge is 2.11. The fourth-order valence-corrected chi connectivity index (χ4v) is 3.24. The lowest BCUT2D eigenvalue weighted by Gasteiger charge is -2.10. The molecule has 0 fully saturated rings. The molecule has 0 saturated carbocycles. The average Bonchev–Trinajstić information content (AvgIpc) is 3.19. The van der Waals surface area contributed by atoms with Gasteiger partial charge < -0.3 is 14.8 Å². The van der Waals surface area contributed by atoms with Crippen LogP contribution in [0.5, 0.6) is 11.5 Å². The average molecular weight is 410 g/mol. The van der Waals surface area contributed by atoms with Crippen LogP contribution < -0.4 is 14.8 Å². The topological polar surface area (TPSA) is 74.1 Å². The van der Waals surface area contributed by atoms with Gasteiger partial charge in [0.15, 0.2) is 28.5 Å². The number of hydrogen-bond donors (Lipinski definition) is 1. The molecule has 4 aromatic rings.